The van der Waals surface area contributed by atoms with Gasteiger partial charge in [0.1, 0.15) is 12.6 Å². The molecule has 0 aliphatic heterocycles. The molecule has 1 atom stereocenters. The van der Waals surface area contributed by atoms with E-state index in [1.807, 2.05) is 0 Å². The first kappa shape index (κ1) is 34.8. The Morgan fingerprint density at radius 2 is 1.11 bits per heavy atom. The number of quaternary nitrogens is 1. The van der Waals surface area contributed by atoms with Crippen LogP contribution in [0.5, 0.6) is 0 Å². The first-order valence-electron chi connectivity index (χ1n) is 14.8. The molecule has 0 amide bonds. The van der Waals surface area contributed by atoms with Crippen LogP contribution in [0.15, 0.2) is 12.2 Å². The van der Waals surface area contributed by atoms with Crippen molar-refractivity contribution < 1.29 is 23.4 Å². The van der Waals surface area contributed by atoms with Crippen molar-refractivity contribution in [2.24, 2.45) is 0 Å². The summed E-state index contributed by atoms with van der Waals surface area (Å²) in [6, 6.07) is 0.379. The van der Waals surface area contributed by atoms with Crippen LogP contribution in [-0.4, -0.2) is 47.1 Å². The van der Waals surface area contributed by atoms with E-state index >= 15 is 0 Å². The van der Waals surface area contributed by atoms with Gasteiger partial charge in [0, 0.05) is 0 Å². The molecule has 1 unspecified atom stereocenters. The highest BCUT2D eigenvalue weighted by molar-refractivity contribution is 7.46. The third-order valence-corrected chi connectivity index (χ3v) is 7.97. The largest absolute Gasteiger partial charge is 0.470 e. The topological polar surface area (TPSA) is 66.8 Å². The monoisotopic (exact) mass is 518 g/mol. The van der Waals surface area contributed by atoms with Crippen LogP contribution >= 0.6 is 7.82 Å². The van der Waals surface area contributed by atoms with Crippen LogP contribution in [-0.2, 0) is 9.09 Å². The smallest absolute Gasteiger partial charge is 0.324 e. The molecule has 210 valence electrons. The fraction of sp³-hybridized carbons (Fsp3) is 0.931. The van der Waals surface area contributed by atoms with Gasteiger partial charge in [-0.15, -0.1) is 0 Å². The third-order valence-electron chi connectivity index (χ3n) is 7.40. The number of rotatable bonds is 25. The van der Waals surface area contributed by atoms with E-state index in [-0.39, 0.29) is 0 Å². The zero-order valence-corrected chi connectivity index (χ0v) is 25.0. The van der Waals surface area contributed by atoms with E-state index in [4.69, 9.17) is 4.52 Å². The molecule has 0 heterocycles. The molecule has 0 spiro atoms. The summed E-state index contributed by atoms with van der Waals surface area (Å²) >= 11 is 0. The van der Waals surface area contributed by atoms with Gasteiger partial charge in [0.2, 0.25) is 0 Å². The molecule has 6 heteroatoms. The number of likely N-dealkylation sites (N-methyl/N-ethyl adjacent to an activating group) is 1. The molecule has 0 aromatic rings. The summed E-state index contributed by atoms with van der Waals surface area (Å²) in [5.74, 6) is 0. The van der Waals surface area contributed by atoms with E-state index in [0.29, 0.717) is 23.5 Å². The maximum absolute atomic E-state index is 11.4. The first-order chi connectivity index (χ1) is 16.6. The zero-order valence-electron chi connectivity index (χ0n) is 24.1. The average molecular weight is 519 g/mol. The Labute approximate surface area is 218 Å². The lowest BCUT2D eigenvalue weighted by molar-refractivity contribution is -0.913. The second kappa shape index (κ2) is 21.9. The number of hydrogen-bond donors (Lipinski definition) is 2. The maximum Gasteiger partial charge on any atom is 0.470 e. The Balaban J connectivity index is 3.63. The number of nitrogens with zero attached hydrogens (tertiary/aromatic N) is 1. The van der Waals surface area contributed by atoms with Crippen molar-refractivity contribution in [1.82, 2.24) is 0 Å². The van der Waals surface area contributed by atoms with Gasteiger partial charge >= 0.3 is 7.82 Å². The zero-order chi connectivity index (χ0) is 26.4. The predicted octanol–water partition coefficient (Wildman–Crippen LogP) is 8.94. The van der Waals surface area contributed by atoms with Crippen LogP contribution in [0.2, 0.25) is 0 Å². The molecule has 0 radical (unpaired) electrons. The second-order valence-corrected chi connectivity index (χ2v) is 12.6. The molecule has 0 bridgehead atoms. The van der Waals surface area contributed by atoms with Crippen molar-refractivity contribution in [2.75, 3.05) is 20.6 Å². The summed E-state index contributed by atoms with van der Waals surface area (Å²) < 4.78 is 17.2. The minimum atomic E-state index is -4.45. The van der Waals surface area contributed by atoms with E-state index in [1.54, 1.807) is 0 Å². The quantitative estimate of drug-likeness (QED) is 0.0548. The van der Waals surface area contributed by atoms with Crippen molar-refractivity contribution in [3.63, 3.8) is 0 Å². The van der Waals surface area contributed by atoms with Gasteiger partial charge in [-0.25, -0.2) is 4.57 Å². The van der Waals surface area contributed by atoms with Gasteiger partial charge in [-0.05, 0) is 46.0 Å². The standard InChI is InChI=1S/C29H60NO4P/c1-6-7-8-9-10-11-12-13-14-15-16-17-18-19-20-21-22-23-24-25-26-29(34-35(31,32)33)27-30(4,5)28(2)3/h13-14,28-29H,6-12,15-27H2,1-5H3,(H-,31,32,33)/p+1/b14-13-. The van der Waals surface area contributed by atoms with E-state index in [2.05, 4.69) is 47.0 Å². The number of allylic oxidation sites excluding steroid dienone is 2. The Kier molecular flexibility index (Phi) is 21.7. The molecule has 2 N–H and O–H groups in total. The lowest BCUT2D eigenvalue weighted by atomic mass is 10.0. The van der Waals surface area contributed by atoms with Gasteiger partial charge < -0.3 is 14.3 Å². The summed E-state index contributed by atoms with van der Waals surface area (Å²) in [5, 5.41) is 0. The summed E-state index contributed by atoms with van der Waals surface area (Å²) in [4.78, 5) is 18.5. The summed E-state index contributed by atoms with van der Waals surface area (Å²) in [7, 11) is -0.264. The van der Waals surface area contributed by atoms with Crippen molar-refractivity contribution in [3.8, 4) is 0 Å². The highest BCUT2D eigenvalue weighted by Gasteiger charge is 2.30. The molecule has 0 aliphatic rings. The maximum atomic E-state index is 11.4. The van der Waals surface area contributed by atoms with Crippen LogP contribution in [0.4, 0.5) is 0 Å². The molecule has 5 nitrogen and oxygen atoms in total. The SMILES string of the molecule is CCCCCCCC/C=C\CCCCCCCCCCCCC(C[N+](C)(C)C(C)C)OP(=O)(O)O. The van der Waals surface area contributed by atoms with Crippen LogP contribution in [0.1, 0.15) is 143 Å². The number of phosphoric acid groups is 1. The minimum absolute atomic E-state index is 0.379. The Morgan fingerprint density at radius 3 is 1.51 bits per heavy atom. The first-order valence-corrected chi connectivity index (χ1v) is 16.3. The molecular formula is C29H61NO4P+. The number of phosphoric ester groups is 1. The van der Waals surface area contributed by atoms with Gasteiger partial charge in [0.25, 0.3) is 0 Å². The molecule has 35 heavy (non-hydrogen) atoms. The predicted molar refractivity (Wildman–Crippen MR) is 152 cm³/mol. The molecular weight excluding hydrogens is 457 g/mol. The third kappa shape index (κ3) is 23.9. The average Bonchev–Trinajstić information content (AvgIpc) is 2.76. The summed E-state index contributed by atoms with van der Waals surface area (Å²) in [5.41, 5.74) is 0. The van der Waals surface area contributed by atoms with E-state index in [9.17, 15) is 14.4 Å². The molecule has 0 saturated heterocycles. The van der Waals surface area contributed by atoms with Crippen LogP contribution in [0, 0.1) is 0 Å². The molecule has 0 rings (SSSR count). The van der Waals surface area contributed by atoms with Crippen LogP contribution < -0.4 is 0 Å². The molecule has 0 aromatic heterocycles. The summed E-state index contributed by atoms with van der Waals surface area (Å²) in [6.07, 6.45) is 28.5. The van der Waals surface area contributed by atoms with E-state index in [0.717, 1.165) is 12.8 Å². The highest BCUT2D eigenvalue weighted by atomic mass is 31.2. The Morgan fingerprint density at radius 1 is 0.714 bits per heavy atom. The van der Waals surface area contributed by atoms with Crippen molar-refractivity contribution in [1.29, 1.82) is 0 Å². The normalized spacial score (nSPS) is 13.8. The van der Waals surface area contributed by atoms with Crippen LogP contribution in [0.25, 0.3) is 0 Å². The highest BCUT2D eigenvalue weighted by Crippen LogP contribution is 2.39. The molecule has 0 aromatic carbocycles. The van der Waals surface area contributed by atoms with Gasteiger partial charge in [0.05, 0.1) is 20.1 Å². The van der Waals surface area contributed by atoms with Crippen molar-refractivity contribution in [2.45, 2.75) is 155 Å². The molecule has 0 saturated carbocycles. The van der Waals surface area contributed by atoms with Crippen molar-refractivity contribution in [3.05, 3.63) is 12.2 Å². The fourth-order valence-electron chi connectivity index (χ4n) is 4.43. The van der Waals surface area contributed by atoms with Gasteiger partial charge in [-0.2, -0.15) is 0 Å². The van der Waals surface area contributed by atoms with Gasteiger partial charge in [0.15, 0.2) is 0 Å². The lowest BCUT2D eigenvalue weighted by Gasteiger charge is -2.37. The Hall–Kier alpha value is -0.190. The fourth-order valence-corrected chi connectivity index (χ4v) is 4.99. The minimum Gasteiger partial charge on any atom is -0.324 e. The van der Waals surface area contributed by atoms with E-state index in [1.165, 1.54) is 103 Å². The van der Waals surface area contributed by atoms with E-state index < -0.39 is 13.9 Å². The summed E-state index contributed by atoms with van der Waals surface area (Å²) in [6.45, 7) is 7.15. The van der Waals surface area contributed by atoms with Crippen LogP contribution in [0.3, 0.4) is 0 Å². The molecule has 0 fully saturated rings. The lowest BCUT2D eigenvalue weighted by Crippen LogP contribution is -2.50. The van der Waals surface area contributed by atoms with Gasteiger partial charge in [-0.3, -0.25) is 4.52 Å². The molecule has 0 aliphatic carbocycles. The second-order valence-electron chi connectivity index (χ2n) is 11.4. The number of unbranched alkanes of at least 4 members (excludes halogenated alkanes) is 16. The number of hydrogen-bond acceptors (Lipinski definition) is 2. The Bertz CT molecular complexity index is 545. The van der Waals surface area contributed by atoms with Crippen molar-refractivity contribution >= 4 is 7.82 Å². The van der Waals surface area contributed by atoms with Gasteiger partial charge in [-0.1, -0.05) is 109 Å².